The van der Waals surface area contributed by atoms with E-state index in [0.717, 1.165) is 32.7 Å². The van der Waals surface area contributed by atoms with E-state index in [2.05, 4.69) is 16.7 Å². The molecule has 0 spiro atoms. The van der Waals surface area contributed by atoms with Crippen LogP contribution in [0, 0.1) is 11.8 Å². The number of amides is 1. The molecule has 2 N–H and O–H groups in total. The zero-order chi connectivity index (χ0) is 14.4. The standard InChI is InChI=1S/C16H31N3O/c1-14-7-10-18(12-15(14)11-17)13-16(20)19-8-5-3-2-4-6-9-19/h14-15H,2-13,17H2,1H3. The molecule has 0 aromatic carbocycles. The van der Waals surface area contributed by atoms with Gasteiger partial charge < -0.3 is 10.6 Å². The minimum Gasteiger partial charge on any atom is -0.342 e. The van der Waals surface area contributed by atoms with Crippen molar-refractivity contribution in [2.45, 2.75) is 45.4 Å². The minimum absolute atomic E-state index is 0.331. The van der Waals surface area contributed by atoms with Gasteiger partial charge in [0.05, 0.1) is 6.54 Å². The van der Waals surface area contributed by atoms with Crippen LogP contribution in [0.15, 0.2) is 0 Å². The summed E-state index contributed by atoms with van der Waals surface area (Å²) >= 11 is 0. The van der Waals surface area contributed by atoms with Crippen LogP contribution in [-0.4, -0.2) is 55.0 Å². The van der Waals surface area contributed by atoms with Gasteiger partial charge in [-0.1, -0.05) is 26.2 Å². The van der Waals surface area contributed by atoms with Gasteiger partial charge in [0, 0.05) is 19.6 Å². The third-order valence-corrected chi connectivity index (χ3v) is 5.07. The first-order valence-corrected chi connectivity index (χ1v) is 8.41. The molecule has 2 aliphatic heterocycles. The highest BCUT2D eigenvalue weighted by Crippen LogP contribution is 2.22. The van der Waals surface area contributed by atoms with E-state index in [1.54, 1.807) is 0 Å². The van der Waals surface area contributed by atoms with E-state index < -0.39 is 0 Å². The van der Waals surface area contributed by atoms with Crippen LogP contribution in [0.3, 0.4) is 0 Å². The minimum atomic E-state index is 0.331. The first-order chi connectivity index (χ1) is 9.70. The Labute approximate surface area is 123 Å². The number of carbonyl (C=O) groups excluding carboxylic acids is 1. The Hall–Kier alpha value is -0.610. The molecule has 0 aromatic heterocycles. The van der Waals surface area contributed by atoms with Crippen molar-refractivity contribution in [1.29, 1.82) is 0 Å². The van der Waals surface area contributed by atoms with Gasteiger partial charge in [0.1, 0.15) is 0 Å². The van der Waals surface area contributed by atoms with E-state index in [1.807, 2.05) is 0 Å². The summed E-state index contributed by atoms with van der Waals surface area (Å²) in [5, 5.41) is 0. The average molecular weight is 281 g/mol. The quantitative estimate of drug-likeness (QED) is 0.856. The summed E-state index contributed by atoms with van der Waals surface area (Å²) in [4.78, 5) is 16.9. The van der Waals surface area contributed by atoms with Gasteiger partial charge in [0.25, 0.3) is 0 Å². The van der Waals surface area contributed by atoms with Crippen LogP contribution < -0.4 is 5.73 Å². The monoisotopic (exact) mass is 281 g/mol. The fourth-order valence-electron chi connectivity index (χ4n) is 3.46. The van der Waals surface area contributed by atoms with Gasteiger partial charge in [-0.3, -0.25) is 9.69 Å². The molecule has 2 saturated heterocycles. The molecule has 20 heavy (non-hydrogen) atoms. The number of nitrogens with two attached hydrogens (primary N) is 1. The lowest BCUT2D eigenvalue weighted by molar-refractivity contribution is -0.133. The van der Waals surface area contributed by atoms with Crippen LogP contribution in [0.2, 0.25) is 0 Å². The molecule has 0 saturated carbocycles. The molecule has 2 fully saturated rings. The lowest BCUT2D eigenvalue weighted by atomic mass is 9.87. The van der Waals surface area contributed by atoms with Crippen molar-refractivity contribution in [2.24, 2.45) is 17.6 Å². The van der Waals surface area contributed by atoms with Crippen LogP contribution in [0.1, 0.15) is 45.4 Å². The highest BCUT2D eigenvalue weighted by atomic mass is 16.2. The van der Waals surface area contributed by atoms with Gasteiger partial charge in [-0.2, -0.15) is 0 Å². The Morgan fingerprint density at radius 1 is 1.10 bits per heavy atom. The first kappa shape index (κ1) is 15.8. The molecule has 0 bridgehead atoms. The van der Waals surface area contributed by atoms with Crippen molar-refractivity contribution in [1.82, 2.24) is 9.80 Å². The molecule has 2 rings (SSSR count). The molecule has 4 heteroatoms. The normalized spacial score (nSPS) is 29.8. The fraction of sp³-hybridized carbons (Fsp3) is 0.938. The van der Waals surface area contributed by atoms with Gasteiger partial charge in [0.2, 0.25) is 5.91 Å². The van der Waals surface area contributed by atoms with Gasteiger partial charge >= 0.3 is 0 Å². The van der Waals surface area contributed by atoms with E-state index in [4.69, 9.17) is 5.73 Å². The lowest BCUT2D eigenvalue weighted by Gasteiger charge is -2.37. The third-order valence-electron chi connectivity index (χ3n) is 5.07. The summed E-state index contributed by atoms with van der Waals surface area (Å²) in [5.41, 5.74) is 5.85. The zero-order valence-corrected chi connectivity index (χ0v) is 13.0. The molecule has 2 aliphatic rings. The van der Waals surface area contributed by atoms with E-state index in [-0.39, 0.29) is 0 Å². The molecule has 116 valence electrons. The number of piperidine rings is 1. The van der Waals surface area contributed by atoms with Crippen LogP contribution in [0.25, 0.3) is 0 Å². The van der Waals surface area contributed by atoms with Crippen LogP contribution >= 0.6 is 0 Å². The number of carbonyl (C=O) groups is 1. The van der Waals surface area contributed by atoms with Crippen molar-refractivity contribution in [3.63, 3.8) is 0 Å². The Balaban J connectivity index is 1.80. The fourth-order valence-corrected chi connectivity index (χ4v) is 3.46. The highest BCUT2D eigenvalue weighted by Gasteiger charge is 2.27. The van der Waals surface area contributed by atoms with E-state index >= 15 is 0 Å². The number of hydrogen-bond acceptors (Lipinski definition) is 3. The van der Waals surface area contributed by atoms with Crippen molar-refractivity contribution in [2.75, 3.05) is 39.3 Å². The Morgan fingerprint density at radius 2 is 1.75 bits per heavy atom. The average Bonchev–Trinajstić information content (AvgIpc) is 2.40. The third kappa shape index (κ3) is 4.45. The van der Waals surface area contributed by atoms with Crippen molar-refractivity contribution in [3.8, 4) is 0 Å². The summed E-state index contributed by atoms with van der Waals surface area (Å²) in [7, 11) is 0. The molecule has 4 nitrogen and oxygen atoms in total. The number of likely N-dealkylation sites (tertiary alicyclic amines) is 2. The molecule has 0 aromatic rings. The SMILES string of the molecule is CC1CCN(CC(=O)N2CCCCCCC2)CC1CN. The van der Waals surface area contributed by atoms with Crippen molar-refractivity contribution >= 4 is 5.91 Å². The van der Waals surface area contributed by atoms with Gasteiger partial charge in [-0.05, 0) is 44.2 Å². The molecule has 2 unspecified atom stereocenters. The molecule has 0 radical (unpaired) electrons. The summed E-state index contributed by atoms with van der Waals surface area (Å²) < 4.78 is 0. The van der Waals surface area contributed by atoms with Gasteiger partial charge in [0.15, 0.2) is 0 Å². The van der Waals surface area contributed by atoms with Crippen molar-refractivity contribution < 1.29 is 4.79 Å². The summed E-state index contributed by atoms with van der Waals surface area (Å²) in [6, 6.07) is 0. The van der Waals surface area contributed by atoms with Crippen LogP contribution in [-0.2, 0) is 4.79 Å². The van der Waals surface area contributed by atoms with Crippen molar-refractivity contribution in [3.05, 3.63) is 0 Å². The molecular weight excluding hydrogens is 250 g/mol. The highest BCUT2D eigenvalue weighted by molar-refractivity contribution is 5.78. The maximum Gasteiger partial charge on any atom is 0.236 e. The predicted octanol–water partition coefficient (Wildman–Crippen LogP) is 1.70. The van der Waals surface area contributed by atoms with Crippen LogP contribution in [0.4, 0.5) is 0 Å². The predicted molar refractivity (Wildman–Crippen MR) is 82.4 cm³/mol. The smallest absolute Gasteiger partial charge is 0.236 e. The lowest BCUT2D eigenvalue weighted by Crippen LogP contribution is -2.48. The van der Waals surface area contributed by atoms with E-state index in [9.17, 15) is 4.79 Å². The van der Waals surface area contributed by atoms with E-state index in [0.29, 0.717) is 24.3 Å². The van der Waals surface area contributed by atoms with E-state index in [1.165, 1.54) is 38.5 Å². The molecule has 1 amide bonds. The Kier molecular flexibility index (Phi) is 6.30. The summed E-state index contributed by atoms with van der Waals surface area (Å²) in [6.07, 6.45) is 7.42. The molecule has 2 atom stereocenters. The van der Waals surface area contributed by atoms with Gasteiger partial charge in [-0.15, -0.1) is 0 Å². The zero-order valence-electron chi connectivity index (χ0n) is 13.0. The largest absolute Gasteiger partial charge is 0.342 e. The van der Waals surface area contributed by atoms with Crippen LogP contribution in [0.5, 0.6) is 0 Å². The Bertz CT molecular complexity index is 300. The number of hydrogen-bond donors (Lipinski definition) is 1. The van der Waals surface area contributed by atoms with Gasteiger partial charge in [-0.25, -0.2) is 0 Å². The molecular formula is C16H31N3O. The second-order valence-electron chi connectivity index (χ2n) is 6.65. The maximum absolute atomic E-state index is 12.5. The molecule has 2 heterocycles. The molecule has 0 aliphatic carbocycles. The second-order valence-corrected chi connectivity index (χ2v) is 6.65. The second kappa shape index (κ2) is 7.99. The number of rotatable bonds is 3. The summed E-state index contributed by atoms with van der Waals surface area (Å²) in [6.45, 7) is 7.61. The Morgan fingerprint density at radius 3 is 2.40 bits per heavy atom. The maximum atomic E-state index is 12.5. The first-order valence-electron chi connectivity index (χ1n) is 8.41. The topological polar surface area (TPSA) is 49.6 Å². The number of nitrogens with zero attached hydrogens (tertiary/aromatic N) is 2. The summed E-state index contributed by atoms with van der Waals surface area (Å²) in [5.74, 6) is 1.59.